The van der Waals surface area contributed by atoms with Gasteiger partial charge in [-0.25, -0.2) is 4.52 Å². The highest BCUT2D eigenvalue weighted by Gasteiger charge is 1.95. The van der Waals surface area contributed by atoms with E-state index in [4.69, 9.17) is 0 Å². The van der Waals surface area contributed by atoms with Gasteiger partial charge in [0, 0.05) is 6.20 Å². The van der Waals surface area contributed by atoms with Crippen molar-refractivity contribution in [1.29, 1.82) is 0 Å². The molecule has 0 radical (unpaired) electrons. The van der Waals surface area contributed by atoms with Crippen molar-refractivity contribution < 1.29 is 0 Å². The molecule has 0 aliphatic rings. The Morgan fingerprint density at radius 3 is 3.10 bits per heavy atom. The van der Waals surface area contributed by atoms with E-state index in [2.05, 4.69) is 17.7 Å². The summed E-state index contributed by atoms with van der Waals surface area (Å²) in [7, 11) is 0. The molecule has 0 amide bonds. The van der Waals surface area contributed by atoms with Gasteiger partial charge in [-0.05, 0) is 12.1 Å². The molecule has 0 atom stereocenters. The topological polar surface area (TPSA) is 17.3 Å². The lowest BCUT2D eigenvalue weighted by Crippen LogP contribution is -1.82. The number of fused-ring (bicyclic) bond motifs is 1. The normalized spacial score (nSPS) is 10.5. The van der Waals surface area contributed by atoms with Crippen molar-refractivity contribution in [2.45, 2.75) is 4.90 Å². The van der Waals surface area contributed by atoms with Crippen LogP contribution in [0.3, 0.4) is 0 Å². The van der Waals surface area contributed by atoms with Crippen molar-refractivity contribution in [3.05, 3.63) is 30.6 Å². The van der Waals surface area contributed by atoms with Crippen molar-refractivity contribution in [3.8, 4) is 0 Å². The molecule has 3 heteroatoms. The highest BCUT2D eigenvalue weighted by atomic mass is 32.1. The molecule has 0 N–H and O–H groups in total. The zero-order chi connectivity index (χ0) is 6.97. The second-order valence-corrected chi connectivity index (χ2v) is 2.54. The van der Waals surface area contributed by atoms with Crippen LogP contribution in [0, 0.1) is 0 Å². The molecule has 2 aromatic heterocycles. The number of aromatic nitrogens is 2. The van der Waals surface area contributed by atoms with Gasteiger partial charge < -0.3 is 0 Å². The standard InChI is InChI=1S/C7H6N2S/c10-7-5-8-9-4-2-1-3-6(7)9/h1-5,10H. The Balaban J connectivity index is 2.93. The molecule has 2 aromatic rings. The molecule has 0 fully saturated rings. The van der Waals surface area contributed by atoms with Crippen LogP contribution < -0.4 is 0 Å². The van der Waals surface area contributed by atoms with Gasteiger partial charge in [0.25, 0.3) is 0 Å². The van der Waals surface area contributed by atoms with E-state index >= 15 is 0 Å². The Hall–Kier alpha value is -0.960. The van der Waals surface area contributed by atoms with Gasteiger partial charge >= 0.3 is 0 Å². The molecule has 0 aromatic carbocycles. The van der Waals surface area contributed by atoms with Crippen LogP contribution >= 0.6 is 12.6 Å². The molecule has 0 bridgehead atoms. The number of rotatable bonds is 0. The molecule has 2 heterocycles. The monoisotopic (exact) mass is 150 g/mol. The molecule has 2 nitrogen and oxygen atoms in total. The van der Waals surface area contributed by atoms with Gasteiger partial charge in [-0.1, -0.05) is 6.07 Å². The van der Waals surface area contributed by atoms with Crippen molar-refractivity contribution in [2.24, 2.45) is 0 Å². The summed E-state index contributed by atoms with van der Waals surface area (Å²) in [6.45, 7) is 0. The summed E-state index contributed by atoms with van der Waals surface area (Å²) >= 11 is 4.22. The maximum Gasteiger partial charge on any atom is 0.0795 e. The van der Waals surface area contributed by atoms with Gasteiger partial charge in [0.15, 0.2) is 0 Å². The number of thiol groups is 1. The molecule has 10 heavy (non-hydrogen) atoms. The van der Waals surface area contributed by atoms with E-state index < -0.39 is 0 Å². The van der Waals surface area contributed by atoms with E-state index in [0.717, 1.165) is 10.4 Å². The van der Waals surface area contributed by atoms with Crippen molar-refractivity contribution in [1.82, 2.24) is 9.61 Å². The lowest BCUT2D eigenvalue weighted by Gasteiger charge is -1.88. The molecular weight excluding hydrogens is 144 g/mol. The fourth-order valence-electron chi connectivity index (χ4n) is 0.921. The SMILES string of the molecule is Sc1cnn2ccccc12. The van der Waals surface area contributed by atoms with Gasteiger partial charge in [0.1, 0.15) is 0 Å². The van der Waals surface area contributed by atoms with Gasteiger partial charge in [0.05, 0.1) is 16.6 Å². The molecular formula is C7H6N2S. The summed E-state index contributed by atoms with van der Waals surface area (Å²) in [6, 6.07) is 5.89. The van der Waals surface area contributed by atoms with E-state index in [1.165, 1.54) is 0 Å². The third-order valence-corrected chi connectivity index (χ3v) is 1.75. The van der Waals surface area contributed by atoms with Gasteiger partial charge in [0.2, 0.25) is 0 Å². The van der Waals surface area contributed by atoms with E-state index in [0.29, 0.717) is 0 Å². The molecule has 0 spiro atoms. The van der Waals surface area contributed by atoms with Crippen molar-refractivity contribution >= 4 is 18.1 Å². The number of pyridine rings is 1. The van der Waals surface area contributed by atoms with Crippen LogP contribution in [-0.2, 0) is 0 Å². The lowest BCUT2D eigenvalue weighted by atomic mass is 10.4. The Morgan fingerprint density at radius 1 is 1.40 bits per heavy atom. The minimum absolute atomic E-state index is 0.917. The average molecular weight is 150 g/mol. The minimum Gasteiger partial charge on any atom is -0.240 e. The molecule has 0 saturated heterocycles. The first-order valence-electron chi connectivity index (χ1n) is 2.99. The number of nitrogens with zero attached hydrogens (tertiary/aromatic N) is 2. The van der Waals surface area contributed by atoms with E-state index in [1.807, 2.05) is 24.4 Å². The van der Waals surface area contributed by atoms with E-state index in [1.54, 1.807) is 10.7 Å². The summed E-state index contributed by atoms with van der Waals surface area (Å²) in [5, 5.41) is 4.06. The minimum atomic E-state index is 0.917. The third kappa shape index (κ3) is 0.708. The highest BCUT2D eigenvalue weighted by Crippen LogP contribution is 2.12. The third-order valence-electron chi connectivity index (χ3n) is 1.41. The molecule has 0 aliphatic carbocycles. The van der Waals surface area contributed by atoms with Crippen molar-refractivity contribution in [3.63, 3.8) is 0 Å². The molecule has 50 valence electrons. The average Bonchev–Trinajstić information content (AvgIpc) is 2.34. The van der Waals surface area contributed by atoms with Crippen LogP contribution in [-0.4, -0.2) is 9.61 Å². The summed E-state index contributed by atoms with van der Waals surface area (Å²) < 4.78 is 1.79. The molecule has 0 aliphatic heterocycles. The first-order chi connectivity index (χ1) is 4.88. The fraction of sp³-hybridized carbons (Fsp3) is 0. The summed E-state index contributed by atoms with van der Waals surface area (Å²) in [4.78, 5) is 0.917. The van der Waals surface area contributed by atoms with Crippen LogP contribution in [0.4, 0.5) is 0 Å². The maximum absolute atomic E-state index is 4.22. The van der Waals surface area contributed by atoms with Gasteiger partial charge in [-0.3, -0.25) is 0 Å². The first kappa shape index (κ1) is 5.80. The summed E-state index contributed by atoms with van der Waals surface area (Å²) in [5.74, 6) is 0. The summed E-state index contributed by atoms with van der Waals surface area (Å²) in [5.41, 5.74) is 1.05. The Bertz CT molecular complexity index is 353. The highest BCUT2D eigenvalue weighted by molar-refractivity contribution is 7.80. The van der Waals surface area contributed by atoms with Crippen LogP contribution in [0.2, 0.25) is 0 Å². The first-order valence-corrected chi connectivity index (χ1v) is 3.44. The van der Waals surface area contributed by atoms with Gasteiger partial charge in [-0.15, -0.1) is 12.6 Å². The zero-order valence-corrected chi connectivity index (χ0v) is 6.12. The van der Waals surface area contributed by atoms with Crippen LogP contribution in [0.15, 0.2) is 35.5 Å². The molecule has 2 rings (SSSR count). The quantitative estimate of drug-likeness (QED) is 0.565. The predicted molar refractivity (Wildman–Crippen MR) is 42.4 cm³/mol. The van der Waals surface area contributed by atoms with E-state index in [9.17, 15) is 0 Å². The molecule has 0 saturated carbocycles. The lowest BCUT2D eigenvalue weighted by molar-refractivity contribution is 0.961. The van der Waals surface area contributed by atoms with Crippen LogP contribution in [0.5, 0.6) is 0 Å². The second-order valence-electron chi connectivity index (χ2n) is 2.06. The smallest absolute Gasteiger partial charge is 0.0795 e. The fourth-order valence-corrected chi connectivity index (χ4v) is 1.15. The van der Waals surface area contributed by atoms with Crippen molar-refractivity contribution in [2.75, 3.05) is 0 Å². The van der Waals surface area contributed by atoms with Crippen LogP contribution in [0.25, 0.3) is 5.52 Å². The zero-order valence-electron chi connectivity index (χ0n) is 5.23. The Labute approximate surface area is 63.9 Å². The Morgan fingerprint density at radius 2 is 2.30 bits per heavy atom. The maximum atomic E-state index is 4.22. The predicted octanol–water partition coefficient (Wildman–Crippen LogP) is 1.62. The van der Waals surface area contributed by atoms with E-state index in [-0.39, 0.29) is 0 Å². The molecule has 0 unspecified atom stereocenters. The van der Waals surface area contributed by atoms with Crippen LogP contribution in [0.1, 0.15) is 0 Å². The second kappa shape index (κ2) is 2.02. The van der Waals surface area contributed by atoms with Gasteiger partial charge in [-0.2, -0.15) is 5.10 Å². The summed E-state index contributed by atoms with van der Waals surface area (Å²) in [6.07, 6.45) is 3.63. The largest absolute Gasteiger partial charge is 0.240 e. The number of hydrogen-bond acceptors (Lipinski definition) is 2. The Kier molecular flexibility index (Phi) is 1.17. The number of hydrogen-bond donors (Lipinski definition) is 1.